The average Bonchev–Trinajstić information content (AvgIpc) is 2.58. The SMILES string of the molecule is O=C(C=Cc1ccc(C=CC(=O)c2ccccc2F)c(F)c1)NO. The van der Waals surface area contributed by atoms with Crippen LogP contribution in [0.3, 0.4) is 0 Å². The number of carbonyl (C=O) groups excluding carboxylic acids is 2. The van der Waals surface area contributed by atoms with Crippen LogP contribution in [0.4, 0.5) is 8.78 Å². The number of allylic oxidation sites excluding steroid dienone is 1. The summed E-state index contributed by atoms with van der Waals surface area (Å²) in [4.78, 5) is 22.8. The summed E-state index contributed by atoms with van der Waals surface area (Å²) in [5.74, 6) is -2.57. The van der Waals surface area contributed by atoms with E-state index in [9.17, 15) is 18.4 Å². The van der Waals surface area contributed by atoms with E-state index in [0.717, 1.165) is 18.2 Å². The maximum absolute atomic E-state index is 14.0. The fraction of sp³-hybridized carbons (Fsp3) is 0. The second-order valence-corrected chi connectivity index (χ2v) is 4.77. The first kappa shape index (κ1) is 17.2. The fourth-order valence-corrected chi connectivity index (χ4v) is 1.91. The van der Waals surface area contributed by atoms with E-state index < -0.39 is 23.3 Å². The Balaban J connectivity index is 2.16. The molecule has 0 aromatic heterocycles. The highest BCUT2D eigenvalue weighted by Crippen LogP contribution is 2.15. The van der Waals surface area contributed by atoms with Crippen molar-refractivity contribution in [2.75, 3.05) is 0 Å². The molecule has 0 aliphatic heterocycles. The predicted molar refractivity (Wildman–Crippen MR) is 85.1 cm³/mol. The molecule has 122 valence electrons. The Labute approximate surface area is 136 Å². The third-order valence-corrected chi connectivity index (χ3v) is 3.12. The van der Waals surface area contributed by atoms with Crippen LogP contribution >= 0.6 is 0 Å². The van der Waals surface area contributed by atoms with Crippen LogP contribution in [0, 0.1) is 11.6 Å². The number of hydrogen-bond acceptors (Lipinski definition) is 3. The highest BCUT2D eigenvalue weighted by Gasteiger charge is 2.08. The molecule has 4 nitrogen and oxygen atoms in total. The number of benzene rings is 2. The van der Waals surface area contributed by atoms with Crippen molar-refractivity contribution in [2.45, 2.75) is 0 Å². The smallest absolute Gasteiger partial charge is 0.267 e. The highest BCUT2D eigenvalue weighted by atomic mass is 19.1. The second-order valence-electron chi connectivity index (χ2n) is 4.77. The van der Waals surface area contributed by atoms with E-state index >= 15 is 0 Å². The lowest BCUT2D eigenvalue weighted by Gasteiger charge is -2.00. The average molecular weight is 329 g/mol. The zero-order valence-electron chi connectivity index (χ0n) is 12.4. The first-order chi connectivity index (χ1) is 11.5. The molecule has 0 heterocycles. The molecule has 0 radical (unpaired) electrons. The van der Waals surface area contributed by atoms with Gasteiger partial charge in [0.05, 0.1) is 5.56 Å². The van der Waals surface area contributed by atoms with Crippen LogP contribution in [-0.4, -0.2) is 16.9 Å². The summed E-state index contributed by atoms with van der Waals surface area (Å²) in [6, 6.07) is 9.62. The monoisotopic (exact) mass is 329 g/mol. The Bertz CT molecular complexity index is 829. The fourth-order valence-electron chi connectivity index (χ4n) is 1.91. The summed E-state index contributed by atoms with van der Waals surface area (Å²) >= 11 is 0. The summed E-state index contributed by atoms with van der Waals surface area (Å²) in [6.07, 6.45) is 4.68. The molecule has 0 spiro atoms. The van der Waals surface area contributed by atoms with Crippen molar-refractivity contribution in [3.63, 3.8) is 0 Å². The highest BCUT2D eigenvalue weighted by molar-refractivity contribution is 6.07. The van der Waals surface area contributed by atoms with E-state index in [4.69, 9.17) is 5.21 Å². The van der Waals surface area contributed by atoms with Crippen LogP contribution in [0.15, 0.2) is 54.6 Å². The van der Waals surface area contributed by atoms with Crippen molar-refractivity contribution >= 4 is 23.8 Å². The second kappa shape index (κ2) is 7.94. The molecule has 6 heteroatoms. The largest absolute Gasteiger partial charge is 0.289 e. The van der Waals surface area contributed by atoms with E-state index in [1.807, 2.05) is 0 Å². The molecule has 24 heavy (non-hydrogen) atoms. The van der Waals surface area contributed by atoms with Gasteiger partial charge in [-0.15, -0.1) is 0 Å². The molecule has 0 atom stereocenters. The van der Waals surface area contributed by atoms with Crippen molar-refractivity contribution in [3.8, 4) is 0 Å². The lowest BCUT2D eigenvalue weighted by atomic mass is 10.1. The van der Waals surface area contributed by atoms with Gasteiger partial charge in [0.25, 0.3) is 5.91 Å². The van der Waals surface area contributed by atoms with Gasteiger partial charge in [0.1, 0.15) is 11.6 Å². The molecule has 0 saturated heterocycles. The van der Waals surface area contributed by atoms with Gasteiger partial charge in [-0.2, -0.15) is 0 Å². The van der Waals surface area contributed by atoms with E-state index in [0.29, 0.717) is 5.56 Å². The molecule has 0 aliphatic rings. The first-order valence-electron chi connectivity index (χ1n) is 6.90. The van der Waals surface area contributed by atoms with Gasteiger partial charge in [0, 0.05) is 11.6 Å². The molecule has 2 aromatic carbocycles. The van der Waals surface area contributed by atoms with Gasteiger partial charge in [0.15, 0.2) is 5.78 Å². The summed E-state index contributed by atoms with van der Waals surface area (Å²) in [5.41, 5.74) is 1.86. The van der Waals surface area contributed by atoms with E-state index in [1.165, 1.54) is 54.0 Å². The van der Waals surface area contributed by atoms with Crippen LogP contribution in [0.2, 0.25) is 0 Å². The van der Waals surface area contributed by atoms with Crippen molar-refractivity contribution in [3.05, 3.63) is 82.9 Å². The number of hydrogen-bond donors (Lipinski definition) is 2. The van der Waals surface area contributed by atoms with Crippen LogP contribution in [0.1, 0.15) is 21.5 Å². The molecular weight excluding hydrogens is 316 g/mol. The topological polar surface area (TPSA) is 66.4 Å². The molecule has 2 N–H and O–H groups in total. The van der Waals surface area contributed by atoms with Crippen molar-refractivity contribution in [2.24, 2.45) is 0 Å². The molecule has 0 bridgehead atoms. The van der Waals surface area contributed by atoms with Gasteiger partial charge in [-0.3, -0.25) is 14.8 Å². The van der Waals surface area contributed by atoms with Gasteiger partial charge in [0.2, 0.25) is 0 Å². The molecule has 1 amide bonds. The summed E-state index contributed by atoms with van der Waals surface area (Å²) in [5, 5.41) is 8.35. The lowest BCUT2D eigenvalue weighted by Crippen LogP contribution is -2.14. The third-order valence-electron chi connectivity index (χ3n) is 3.12. The minimum Gasteiger partial charge on any atom is -0.289 e. The molecule has 2 rings (SSSR count). The number of carbonyl (C=O) groups is 2. The van der Waals surface area contributed by atoms with Crippen molar-refractivity contribution in [1.29, 1.82) is 0 Å². The molecule has 0 unspecified atom stereocenters. The van der Waals surface area contributed by atoms with Crippen LogP contribution < -0.4 is 5.48 Å². The van der Waals surface area contributed by atoms with E-state index in [2.05, 4.69) is 0 Å². The van der Waals surface area contributed by atoms with Gasteiger partial charge >= 0.3 is 0 Å². The normalized spacial score (nSPS) is 11.1. The Morgan fingerprint density at radius 3 is 2.38 bits per heavy atom. The Morgan fingerprint density at radius 1 is 0.958 bits per heavy atom. The number of amides is 1. The van der Waals surface area contributed by atoms with Gasteiger partial charge < -0.3 is 0 Å². The molecule has 0 aliphatic carbocycles. The maximum Gasteiger partial charge on any atom is 0.267 e. The molecule has 0 saturated carbocycles. The van der Waals surface area contributed by atoms with Crippen molar-refractivity contribution in [1.82, 2.24) is 5.48 Å². The van der Waals surface area contributed by atoms with Crippen LogP contribution in [0.5, 0.6) is 0 Å². The molecule has 0 fully saturated rings. The summed E-state index contributed by atoms with van der Waals surface area (Å²) in [7, 11) is 0. The Kier molecular flexibility index (Phi) is 5.70. The summed E-state index contributed by atoms with van der Waals surface area (Å²) < 4.78 is 27.5. The molecule has 2 aromatic rings. The molecular formula is C18H13F2NO3. The quantitative estimate of drug-likeness (QED) is 0.382. The van der Waals surface area contributed by atoms with Gasteiger partial charge in [-0.1, -0.05) is 24.3 Å². The Hall–Kier alpha value is -3.12. The number of ketones is 1. The standard InChI is InChI=1S/C18H13F2NO3/c19-15-4-2-1-3-14(15)17(22)9-8-13-7-5-12(11-16(13)20)6-10-18(23)21-24/h1-11,24H,(H,21,23). The van der Waals surface area contributed by atoms with E-state index in [1.54, 1.807) is 0 Å². The first-order valence-corrected chi connectivity index (χ1v) is 6.90. The Morgan fingerprint density at radius 2 is 1.71 bits per heavy atom. The minimum absolute atomic E-state index is 0.0938. The zero-order chi connectivity index (χ0) is 17.5. The minimum atomic E-state index is -0.741. The lowest BCUT2D eigenvalue weighted by molar-refractivity contribution is -0.124. The van der Waals surface area contributed by atoms with Gasteiger partial charge in [-0.05, 0) is 42.0 Å². The number of hydroxylamine groups is 1. The zero-order valence-corrected chi connectivity index (χ0v) is 12.4. The van der Waals surface area contributed by atoms with Crippen LogP contribution in [-0.2, 0) is 4.79 Å². The van der Waals surface area contributed by atoms with Gasteiger partial charge in [-0.25, -0.2) is 14.3 Å². The number of nitrogens with one attached hydrogen (secondary N) is 1. The van der Waals surface area contributed by atoms with Crippen LogP contribution in [0.25, 0.3) is 12.2 Å². The van der Waals surface area contributed by atoms with E-state index in [-0.39, 0.29) is 11.1 Å². The van der Waals surface area contributed by atoms with Crippen molar-refractivity contribution < 1.29 is 23.6 Å². The number of rotatable bonds is 5. The third kappa shape index (κ3) is 4.44. The predicted octanol–water partition coefficient (Wildman–Crippen LogP) is 3.38. The number of halogens is 2. The summed E-state index contributed by atoms with van der Waals surface area (Å²) in [6.45, 7) is 0. The maximum atomic E-state index is 14.0.